The number of carbonyl (C=O) groups excluding carboxylic acids is 1. The van der Waals surface area contributed by atoms with Crippen LogP contribution in [0.25, 0.3) is 17.2 Å². The van der Waals surface area contributed by atoms with Crippen LogP contribution in [0.3, 0.4) is 0 Å². The highest BCUT2D eigenvalue weighted by molar-refractivity contribution is 5.88. The van der Waals surface area contributed by atoms with Gasteiger partial charge in [0.2, 0.25) is 0 Å². The molecule has 0 aliphatic carbocycles. The molecule has 196 valence electrons. The Bertz CT molecular complexity index is 1630. The molecule has 5 aromatic carbocycles. The van der Waals surface area contributed by atoms with Gasteiger partial charge in [-0.15, -0.1) is 0 Å². The van der Waals surface area contributed by atoms with E-state index in [0.29, 0.717) is 6.61 Å². The van der Waals surface area contributed by atoms with Gasteiger partial charge in [-0.25, -0.2) is 4.79 Å². The smallest absolute Gasteiger partial charge is 0.330 e. The SMILES string of the molecule is CCOC(=O)/C=C/c1ccc(-c2ccc3c(c2)C(c2ccccc2)(c2ccccc2)c2ccccc2N3C)cc1. The summed E-state index contributed by atoms with van der Waals surface area (Å²) in [4.78, 5) is 14.0. The monoisotopic (exact) mass is 521 g/mol. The van der Waals surface area contributed by atoms with E-state index < -0.39 is 5.41 Å². The van der Waals surface area contributed by atoms with Crippen molar-refractivity contribution < 1.29 is 9.53 Å². The van der Waals surface area contributed by atoms with Crippen molar-refractivity contribution in [1.29, 1.82) is 0 Å². The number of hydrogen-bond donors (Lipinski definition) is 0. The van der Waals surface area contributed by atoms with E-state index >= 15 is 0 Å². The van der Waals surface area contributed by atoms with Gasteiger partial charge in [-0.2, -0.15) is 0 Å². The summed E-state index contributed by atoms with van der Waals surface area (Å²) in [7, 11) is 2.15. The summed E-state index contributed by atoms with van der Waals surface area (Å²) in [5.41, 5.74) is 10.1. The van der Waals surface area contributed by atoms with E-state index in [2.05, 4.69) is 127 Å². The zero-order valence-electron chi connectivity index (χ0n) is 22.7. The second-order valence-electron chi connectivity index (χ2n) is 10.00. The van der Waals surface area contributed by atoms with Crippen LogP contribution in [-0.4, -0.2) is 19.6 Å². The fourth-order valence-corrected chi connectivity index (χ4v) is 5.97. The van der Waals surface area contributed by atoms with Crippen molar-refractivity contribution in [3.05, 3.63) is 161 Å². The van der Waals surface area contributed by atoms with E-state index in [1.807, 2.05) is 12.1 Å². The summed E-state index contributed by atoms with van der Waals surface area (Å²) in [5.74, 6) is -0.330. The highest BCUT2D eigenvalue weighted by Crippen LogP contribution is 2.55. The second kappa shape index (κ2) is 10.7. The van der Waals surface area contributed by atoms with E-state index in [1.54, 1.807) is 13.0 Å². The molecule has 0 atom stereocenters. The summed E-state index contributed by atoms with van der Waals surface area (Å²) in [6.07, 6.45) is 3.26. The maximum atomic E-state index is 11.7. The van der Waals surface area contributed by atoms with Crippen molar-refractivity contribution in [3.8, 4) is 11.1 Å². The first kappa shape index (κ1) is 25.4. The van der Waals surface area contributed by atoms with Crippen molar-refractivity contribution >= 4 is 23.4 Å². The Morgan fingerprint density at radius 3 is 1.93 bits per heavy atom. The summed E-state index contributed by atoms with van der Waals surface area (Å²) in [6, 6.07) is 45.5. The molecular formula is C37H31NO2. The molecule has 3 heteroatoms. The standard InChI is InChI=1S/C37H31NO2/c1-3-40-36(39)25-20-27-18-21-28(22-19-27)29-23-24-35-33(26-29)37(30-12-6-4-7-13-30,31-14-8-5-9-15-31)32-16-10-11-17-34(32)38(35)2/h4-26H,3H2,1-2H3/b25-20+. The number of rotatable bonds is 6. The maximum absolute atomic E-state index is 11.7. The summed E-state index contributed by atoms with van der Waals surface area (Å²) < 4.78 is 5.01. The second-order valence-corrected chi connectivity index (χ2v) is 10.00. The van der Waals surface area contributed by atoms with Crippen molar-refractivity contribution in [1.82, 2.24) is 0 Å². The molecule has 0 bridgehead atoms. The summed E-state index contributed by atoms with van der Waals surface area (Å²) >= 11 is 0. The number of fused-ring (bicyclic) bond motifs is 2. The number of benzene rings is 5. The average Bonchev–Trinajstić information content (AvgIpc) is 3.02. The summed E-state index contributed by atoms with van der Waals surface area (Å²) in [6.45, 7) is 2.17. The number of esters is 1. The fourth-order valence-electron chi connectivity index (χ4n) is 5.97. The van der Waals surface area contributed by atoms with E-state index in [1.165, 1.54) is 39.7 Å². The largest absolute Gasteiger partial charge is 0.463 e. The molecule has 0 N–H and O–H groups in total. The molecule has 0 fully saturated rings. The van der Waals surface area contributed by atoms with E-state index in [9.17, 15) is 4.79 Å². The van der Waals surface area contributed by atoms with Gasteiger partial charge in [0, 0.05) is 24.5 Å². The van der Waals surface area contributed by atoms with Gasteiger partial charge in [-0.3, -0.25) is 0 Å². The molecule has 1 aliphatic heterocycles. The quantitative estimate of drug-likeness (QED) is 0.166. The van der Waals surface area contributed by atoms with Crippen LogP contribution in [0.2, 0.25) is 0 Å². The third-order valence-electron chi connectivity index (χ3n) is 7.79. The van der Waals surface area contributed by atoms with Gasteiger partial charge in [-0.05, 0) is 70.1 Å². The number of anilines is 2. The Balaban J connectivity index is 1.55. The Kier molecular flexibility index (Phi) is 6.79. The maximum Gasteiger partial charge on any atom is 0.330 e. The lowest BCUT2D eigenvalue weighted by molar-refractivity contribution is -0.137. The minimum atomic E-state index is -0.487. The van der Waals surface area contributed by atoms with E-state index in [4.69, 9.17) is 4.74 Å². The summed E-state index contributed by atoms with van der Waals surface area (Å²) in [5, 5.41) is 0. The van der Waals surface area contributed by atoms with Crippen LogP contribution < -0.4 is 4.90 Å². The van der Waals surface area contributed by atoms with Crippen molar-refractivity contribution in [2.24, 2.45) is 0 Å². The molecule has 0 saturated carbocycles. The molecule has 3 nitrogen and oxygen atoms in total. The highest BCUT2D eigenvalue weighted by atomic mass is 16.5. The van der Waals surface area contributed by atoms with Gasteiger partial charge < -0.3 is 9.64 Å². The van der Waals surface area contributed by atoms with Gasteiger partial charge in [0.1, 0.15) is 0 Å². The van der Waals surface area contributed by atoms with Gasteiger partial charge in [0.05, 0.1) is 12.0 Å². The van der Waals surface area contributed by atoms with E-state index in [0.717, 1.165) is 16.7 Å². The van der Waals surface area contributed by atoms with Crippen LogP contribution in [0.1, 0.15) is 34.7 Å². The third-order valence-corrected chi connectivity index (χ3v) is 7.79. The Morgan fingerprint density at radius 2 is 1.27 bits per heavy atom. The van der Waals surface area contributed by atoms with E-state index in [-0.39, 0.29) is 5.97 Å². The van der Waals surface area contributed by atoms with Crippen LogP contribution in [-0.2, 0) is 14.9 Å². The van der Waals surface area contributed by atoms with Crippen LogP contribution in [0.5, 0.6) is 0 Å². The third kappa shape index (κ3) is 4.30. The highest BCUT2D eigenvalue weighted by Gasteiger charge is 2.45. The number of para-hydroxylation sites is 1. The minimum Gasteiger partial charge on any atom is -0.463 e. The first-order valence-corrected chi connectivity index (χ1v) is 13.7. The number of nitrogens with zero attached hydrogens (tertiary/aromatic N) is 1. The molecule has 6 rings (SSSR count). The number of hydrogen-bond acceptors (Lipinski definition) is 3. The fraction of sp³-hybridized carbons (Fsp3) is 0.108. The molecule has 0 spiro atoms. The minimum absolute atomic E-state index is 0.330. The van der Waals surface area contributed by atoms with Crippen LogP contribution in [0.4, 0.5) is 11.4 Å². The zero-order chi connectivity index (χ0) is 27.5. The van der Waals surface area contributed by atoms with Crippen molar-refractivity contribution in [3.63, 3.8) is 0 Å². The van der Waals surface area contributed by atoms with Gasteiger partial charge in [0.15, 0.2) is 0 Å². The molecule has 40 heavy (non-hydrogen) atoms. The van der Waals surface area contributed by atoms with Gasteiger partial charge in [-0.1, -0.05) is 109 Å². The average molecular weight is 522 g/mol. The molecule has 0 amide bonds. The predicted octanol–water partition coefficient (Wildman–Crippen LogP) is 8.39. The predicted molar refractivity (Wildman–Crippen MR) is 164 cm³/mol. The molecule has 1 aliphatic rings. The topological polar surface area (TPSA) is 29.5 Å². The molecule has 0 unspecified atom stereocenters. The van der Waals surface area contributed by atoms with Crippen molar-refractivity contribution in [2.75, 3.05) is 18.6 Å². The number of ether oxygens (including phenoxy) is 1. The lowest BCUT2D eigenvalue weighted by Gasteiger charge is -2.45. The Labute approximate surface area is 236 Å². The molecule has 0 aromatic heterocycles. The van der Waals surface area contributed by atoms with Crippen LogP contribution >= 0.6 is 0 Å². The molecule has 0 radical (unpaired) electrons. The lowest BCUT2D eigenvalue weighted by atomic mass is 9.62. The normalized spacial score (nSPS) is 13.5. The Hall–Kier alpha value is -4.89. The molecule has 1 heterocycles. The lowest BCUT2D eigenvalue weighted by Crippen LogP contribution is -2.37. The van der Waals surface area contributed by atoms with Gasteiger partial charge in [0.25, 0.3) is 0 Å². The van der Waals surface area contributed by atoms with Crippen molar-refractivity contribution in [2.45, 2.75) is 12.3 Å². The number of carbonyl (C=O) groups is 1. The zero-order valence-corrected chi connectivity index (χ0v) is 22.7. The Morgan fingerprint density at radius 1 is 0.700 bits per heavy atom. The molecular weight excluding hydrogens is 490 g/mol. The first-order chi connectivity index (χ1) is 19.6. The van der Waals surface area contributed by atoms with Gasteiger partial charge >= 0.3 is 5.97 Å². The first-order valence-electron chi connectivity index (χ1n) is 13.7. The van der Waals surface area contributed by atoms with Crippen LogP contribution in [0.15, 0.2) is 133 Å². The van der Waals surface area contributed by atoms with Crippen LogP contribution in [0, 0.1) is 0 Å². The molecule has 5 aromatic rings. The molecule has 0 saturated heterocycles.